The summed E-state index contributed by atoms with van der Waals surface area (Å²) in [6, 6.07) is 7.46. The number of likely N-dealkylation sites (N-methyl/N-ethyl adjacent to an activating group) is 1. The van der Waals surface area contributed by atoms with Gasteiger partial charge < -0.3 is 4.42 Å². The Hall–Kier alpha value is -1.59. The van der Waals surface area contributed by atoms with Crippen molar-refractivity contribution in [1.29, 1.82) is 0 Å². The Morgan fingerprint density at radius 2 is 1.76 bits per heavy atom. The van der Waals surface area contributed by atoms with Crippen LogP contribution < -0.4 is 0 Å². The summed E-state index contributed by atoms with van der Waals surface area (Å²) in [5.74, 6) is 0.786. The van der Waals surface area contributed by atoms with E-state index < -0.39 is 10.0 Å². The highest BCUT2D eigenvalue weighted by molar-refractivity contribution is 7.89. The Morgan fingerprint density at radius 1 is 1.14 bits per heavy atom. The van der Waals surface area contributed by atoms with E-state index in [0.717, 1.165) is 22.5 Å². The van der Waals surface area contributed by atoms with E-state index in [0.29, 0.717) is 17.9 Å². The zero-order chi connectivity index (χ0) is 15.6. The van der Waals surface area contributed by atoms with Crippen LogP contribution in [0.1, 0.15) is 22.5 Å². The first kappa shape index (κ1) is 15.8. The highest BCUT2D eigenvalue weighted by atomic mass is 32.2. The first-order chi connectivity index (χ1) is 9.82. The summed E-state index contributed by atoms with van der Waals surface area (Å²) in [7, 11) is -1.87. The van der Waals surface area contributed by atoms with E-state index >= 15 is 0 Å². The van der Waals surface area contributed by atoms with E-state index in [1.54, 1.807) is 19.4 Å². The quantitative estimate of drug-likeness (QED) is 0.853. The smallest absolute Gasteiger partial charge is 0.243 e. The van der Waals surface area contributed by atoms with E-state index in [1.165, 1.54) is 4.31 Å². The lowest BCUT2D eigenvalue weighted by Gasteiger charge is -2.20. The maximum Gasteiger partial charge on any atom is 0.243 e. The minimum Gasteiger partial charge on any atom is -0.469 e. The summed E-state index contributed by atoms with van der Waals surface area (Å²) in [6.07, 6.45) is 2.16. The average molecular weight is 307 g/mol. The molecule has 114 valence electrons. The standard InChI is InChI=1S/C16H21NO3S/c1-12-10-13(2)16(14(3)11-12)21(18,19)17(4)8-7-15-6-5-9-20-15/h5-6,9-11H,7-8H2,1-4H3. The van der Waals surface area contributed by atoms with Crippen molar-refractivity contribution in [2.24, 2.45) is 0 Å². The summed E-state index contributed by atoms with van der Waals surface area (Å²) in [5, 5.41) is 0. The van der Waals surface area contributed by atoms with Crippen molar-refractivity contribution in [3.63, 3.8) is 0 Å². The maximum atomic E-state index is 12.7. The fourth-order valence-corrected chi connectivity index (χ4v) is 4.15. The van der Waals surface area contributed by atoms with E-state index in [2.05, 4.69) is 0 Å². The van der Waals surface area contributed by atoms with Gasteiger partial charge in [0.15, 0.2) is 0 Å². The van der Waals surface area contributed by atoms with Gasteiger partial charge in [-0.3, -0.25) is 0 Å². The van der Waals surface area contributed by atoms with Gasteiger partial charge in [-0.15, -0.1) is 0 Å². The molecule has 5 heteroatoms. The molecule has 1 aromatic carbocycles. The van der Waals surface area contributed by atoms with Crippen LogP contribution in [-0.2, 0) is 16.4 Å². The molecule has 1 aromatic heterocycles. The molecule has 2 rings (SSSR count). The third-order valence-electron chi connectivity index (χ3n) is 3.53. The molecule has 1 heterocycles. The van der Waals surface area contributed by atoms with Crippen molar-refractivity contribution in [2.45, 2.75) is 32.1 Å². The Morgan fingerprint density at radius 3 is 2.29 bits per heavy atom. The van der Waals surface area contributed by atoms with Crippen molar-refractivity contribution in [3.8, 4) is 0 Å². The lowest BCUT2D eigenvalue weighted by molar-refractivity contribution is 0.441. The normalized spacial score (nSPS) is 12.0. The summed E-state index contributed by atoms with van der Waals surface area (Å²) in [6.45, 7) is 6.04. The molecule has 0 aliphatic heterocycles. The van der Waals surface area contributed by atoms with Crippen molar-refractivity contribution < 1.29 is 12.8 Å². The largest absolute Gasteiger partial charge is 0.469 e. The average Bonchev–Trinajstić information content (AvgIpc) is 2.87. The molecular weight excluding hydrogens is 286 g/mol. The Labute approximate surface area is 126 Å². The first-order valence-electron chi connectivity index (χ1n) is 6.89. The first-order valence-corrected chi connectivity index (χ1v) is 8.33. The second kappa shape index (κ2) is 6.03. The SMILES string of the molecule is Cc1cc(C)c(S(=O)(=O)N(C)CCc2ccco2)c(C)c1. The molecule has 0 aliphatic rings. The molecular formula is C16H21NO3S. The molecule has 0 amide bonds. The van der Waals surface area contributed by atoms with E-state index in [-0.39, 0.29) is 0 Å². The molecule has 0 saturated carbocycles. The molecule has 0 N–H and O–H groups in total. The fraction of sp³-hybridized carbons (Fsp3) is 0.375. The van der Waals surface area contributed by atoms with Crippen LogP contribution >= 0.6 is 0 Å². The lowest BCUT2D eigenvalue weighted by atomic mass is 10.1. The third kappa shape index (κ3) is 3.36. The number of benzene rings is 1. The van der Waals surface area contributed by atoms with Crippen molar-refractivity contribution in [1.82, 2.24) is 4.31 Å². The minimum absolute atomic E-state index is 0.391. The third-order valence-corrected chi connectivity index (χ3v) is 5.69. The van der Waals surface area contributed by atoms with Crippen molar-refractivity contribution >= 4 is 10.0 Å². The number of hydrogen-bond acceptors (Lipinski definition) is 3. The predicted octanol–water partition coefficient (Wildman–Crippen LogP) is 3.07. The van der Waals surface area contributed by atoms with Crippen LogP contribution in [0.25, 0.3) is 0 Å². The number of furan rings is 1. The zero-order valence-electron chi connectivity index (χ0n) is 12.9. The molecule has 0 spiro atoms. The molecule has 0 fully saturated rings. The lowest BCUT2D eigenvalue weighted by Crippen LogP contribution is -2.30. The summed E-state index contributed by atoms with van der Waals surface area (Å²) in [4.78, 5) is 0.412. The van der Waals surface area contributed by atoms with Crippen LogP contribution in [0.3, 0.4) is 0 Å². The summed E-state index contributed by atoms with van der Waals surface area (Å²) >= 11 is 0. The molecule has 0 bridgehead atoms. The number of nitrogens with zero attached hydrogens (tertiary/aromatic N) is 1. The molecule has 4 nitrogen and oxygen atoms in total. The molecule has 0 unspecified atom stereocenters. The predicted molar refractivity (Wildman–Crippen MR) is 82.9 cm³/mol. The molecule has 0 saturated heterocycles. The van der Waals surface area contributed by atoms with Crippen molar-refractivity contribution in [3.05, 3.63) is 53.0 Å². The molecule has 0 radical (unpaired) electrons. The minimum atomic E-state index is -3.48. The second-order valence-corrected chi connectivity index (χ2v) is 7.37. The molecule has 0 atom stereocenters. The molecule has 21 heavy (non-hydrogen) atoms. The fourth-order valence-electron chi connectivity index (χ4n) is 2.57. The number of aryl methyl sites for hydroxylation is 3. The van der Waals surface area contributed by atoms with Crippen LogP contribution in [0.4, 0.5) is 0 Å². The van der Waals surface area contributed by atoms with Gasteiger partial charge in [0, 0.05) is 20.0 Å². The number of rotatable bonds is 5. The van der Waals surface area contributed by atoms with Gasteiger partial charge in [-0.2, -0.15) is 0 Å². The maximum absolute atomic E-state index is 12.7. The summed E-state index contributed by atoms with van der Waals surface area (Å²) in [5.41, 5.74) is 2.65. The highest BCUT2D eigenvalue weighted by Gasteiger charge is 2.24. The monoisotopic (exact) mass is 307 g/mol. The van der Waals surface area contributed by atoms with Gasteiger partial charge >= 0.3 is 0 Å². The van der Waals surface area contributed by atoms with Crippen molar-refractivity contribution in [2.75, 3.05) is 13.6 Å². The molecule has 2 aromatic rings. The summed E-state index contributed by atoms with van der Waals surface area (Å²) < 4.78 is 32.1. The highest BCUT2D eigenvalue weighted by Crippen LogP contribution is 2.24. The van der Waals surface area contributed by atoms with E-state index in [4.69, 9.17) is 4.42 Å². The molecule has 0 aliphatic carbocycles. The van der Waals surface area contributed by atoms with Crippen LogP contribution in [0.2, 0.25) is 0 Å². The van der Waals surface area contributed by atoms with E-state index in [9.17, 15) is 8.42 Å². The Balaban J connectivity index is 2.25. The van der Waals surface area contributed by atoms with Gasteiger partial charge in [0.05, 0.1) is 11.2 Å². The van der Waals surface area contributed by atoms with Gasteiger partial charge in [0.1, 0.15) is 5.76 Å². The van der Waals surface area contributed by atoms with Crippen LogP contribution in [0.15, 0.2) is 39.8 Å². The van der Waals surface area contributed by atoms with Crippen LogP contribution in [-0.4, -0.2) is 26.3 Å². The topological polar surface area (TPSA) is 50.5 Å². The van der Waals surface area contributed by atoms with Gasteiger partial charge in [-0.1, -0.05) is 17.7 Å². The Bertz CT molecular complexity index is 695. The van der Waals surface area contributed by atoms with E-state index in [1.807, 2.05) is 39.0 Å². The van der Waals surface area contributed by atoms with Gasteiger partial charge in [0.2, 0.25) is 10.0 Å². The van der Waals surface area contributed by atoms with Gasteiger partial charge in [-0.05, 0) is 44.0 Å². The Kier molecular flexibility index (Phi) is 4.54. The number of hydrogen-bond donors (Lipinski definition) is 0. The van der Waals surface area contributed by atoms with Gasteiger partial charge in [0.25, 0.3) is 0 Å². The zero-order valence-corrected chi connectivity index (χ0v) is 13.7. The van der Waals surface area contributed by atoms with Crippen LogP contribution in [0, 0.1) is 20.8 Å². The second-order valence-electron chi connectivity index (χ2n) is 5.38. The number of sulfonamides is 1. The van der Waals surface area contributed by atoms with Crippen LogP contribution in [0.5, 0.6) is 0 Å². The van der Waals surface area contributed by atoms with Gasteiger partial charge in [-0.25, -0.2) is 12.7 Å².